The number of alkyl halides is 2. The number of aliphatic hydroxyl groups excluding tert-OH is 1. The fraction of sp³-hybridized carbons (Fsp3) is 0.708. The Labute approximate surface area is 208 Å². The van der Waals surface area contributed by atoms with E-state index in [4.69, 9.17) is 32.7 Å². The molecule has 4 rings (SSSR count). The number of ether oxygens (including phenoxy) is 2. The van der Waals surface area contributed by atoms with E-state index in [1.165, 1.54) is 11.8 Å². The summed E-state index contributed by atoms with van der Waals surface area (Å²) in [5.41, 5.74) is -1.77. The van der Waals surface area contributed by atoms with Gasteiger partial charge in [0.2, 0.25) is 10.4 Å². The molecule has 3 saturated carbocycles. The molecule has 182 valence electrons. The van der Waals surface area contributed by atoms with Crippen molar-refractivity contribution in [2.75, 3.05) is 12.2 Å². The summed E-state index contributed by atoms with van der Waals surface area (Å²) in [5.74, 6) is -1.36. The number of allylic oxidation sites excluding steroid dienone is 4. The van der Waals surface area contributed by atoms with Crippen LogP contribution >= 0.6 is 35.0 Å². The molecule has 33 heavy (non-hydrogen) atoms. The lowest BCUT2D eigenvalue weighted by molar-refractivity contribution is -0.211. The molecule has 0 spiro atoms. The van der Waals surface area contributed by atoms with Gasteiger partial charge in [-0.2, -0.15) is 0 Å². The minimum Gasteiger partial charge on any atom is -0.452 e. The summed E-state index contributed by atoms with van der Waals surface area (Å²) in [7, 11) is 0. The van der Waals surface area contributed by atoms with Gasteiger partial charge in [-0.3, -0.25) is 4.79 Å². The van der Waals surface area contributed by atoms with Gasteiger partial charge in [-0.25, -0.2) is 9.59 Å². The van der Waals surface area contributed by atoms with Gasteiger partial charge < -0.3 is 14.6 Å². The van der Waals surface area contributed by atoms with E-state index in [2.05, 4.69) is 6.92 Å². The van der Waals surface area contributed by atoms with Crippen molar-refractivity contribution in [1.29, 1.82) is 0 Å². The third-order valence-electron chi connectivity index (χ3n) is 8.71. The minimum absolute atomic E-state index is 0.0175. The standard InChI is InChI=1S/C24H30Cl2O6S/c1-22-8-6-14(27)10-13(22)4-5-15-16-7-9-24(21(30)31-12-33-3,32-20(29)19(25)26)23(16,2)11-17(28)18(15)22/h6,8,10,15-19,28H,4-5,7,9,11-12H2,1-3H3/t15-,16-,17-,18+,22-,23-,24-/m0/s1. The minimum atomic E-state index is -1.56. The highest BCUT2D eigenvalue weighted by atomic mass is 35.5. The lowest BCUT2D eigenvalue weighted by Crippen LogP contribution is -2.63. The topological polar surface area (TPSA) is 89.9 Å². The van der Waals surface area contributed by atoms with Crippen molar-refractivity contribution < 1.29 is 29.0 Å². The Balaban J connectivity index is 1.74. The molecular formula is C24H30Cl2O6S. The first-order valence-corrected chi connectivity index (χ1v) is 13.6. The third kappa shape index (κ3) is 3.78. The van der Waals surface area contributed by atoms with E-state index >= 15 is 0 Å². The Bertz CT molecular complexity index is 919. The number of ketones is 1. The summed E-state index contributed by atoms with van der Waals surface area (Å²) in [4.78, 5) is 36.5. The highest BCUT2D eigenvalue weighted by molar-refractivity contribution is 7.98. The van der Waals surface area contributed by atoms with E-state index in [1.807, 2.05) is 19.3 Å². The molecule has 0 amide bonds. The zero-order chi connectivity index (χ0) is 24.2. The van der Waals surface area contributed by atoms with Crippen molar-refractivity contribution in [2.45, 2.75) is 62.5 Å². The van der Waals surface area contributed by atoms with Crippen molar-refractivity contribution >= 4 is 52.7 Å². The second-order valence-corrected chi connectivity index (χ2v) is 12.0. The Hall–Kier alpha value is -1.02. The predicted molar refractivity (Wildman–Crippen MR) is 127 cm³/mol. The number of thioether (sulfide) groups is 1. The van der Waals surface area contributed by atoms with Crippen LogP contribution in [0, 0.1) is 28.6 Å². The molecule has 0 heterocycles. The molecule has 0 saturated heterocycles. The Morgan fingerprint density at radius 1 is 1.30 bits per heavy atom. The van der Waals surface area contributed by atoms with Crippen molar-refractivity contribution in [3.63, 3.8) is 0 Å². The van der Waals surface area contributed by atoms with Crippen LogP contribution in [0.1, 0.15) is 46.0 Å². The molecule has 6 nitrogen and oxygen atoms in total. The maximum absolute atomic E-state index is 13.4. The zero-order valence-corrected chi connectivity index (χ0v) is 21.3. The van der Waals surface area contributed by atoms with Gasteiger partial charge in [0.25, 0.3) is 0 Å². The first-order chi connectivity index (χ1) is 15.5. The number of fused-ring (bicyclic) bond motifs is 5. The van der Waals surface area contributed by atoms with Crippen LogP contribution in [0.5, 0.6) is 0 Å². The number of halogens is 2. The zero-order valence-electron chi connectivity index (χ0n) is 19.0. The van der Waals surface area contributed by atoms with Crippen molar-refractivity contribution in [3.8, 4) is 0 Å². The quantitative estimate of drug-likeness (QED) is 0.332. The van der Waals surface area contributed by atoms with Crippen LogP contribution in [0.2, 0.25) is 0 Å². The first kappa shape index (κ1) is 25.1. The summed E-state index contributed by atoms with van der Waals surface area (Å²) in [6, 6.07) is 0. The van der Waals surface area contributed by atoms with Gasteiger partial charge in [0.05, 0.1) is 6.10 Å². The number of hydrogen-bond donors (Lipinski definition) is 1. The SMILES string of the molecule is CSCOC(=O)[C@@]1(OC(=O)C(Cl)Cl)CC[C@H]2[C@@H]3CCC4=CC(=O)C=C[C@]4(C)[C@H]3[C@@H](O)C[C@@]21C. The third-order valence-corrected chi connectivity index (χ3v) is 9.42. The van der Waals surface area contributed by atoms with E-state index in [1.54, 1.807) is 12.2 Å². The van der Waals surface area contributed by atoms with Gasteiger partial charge in [-0.1, -0.05) is 48.7 Å². The predicted octanol–water partition coefficient (Wildman–Crippen LogP) is 4.21. The molecule has 0 aromatic rings. The van der Waals surface area contributed by atoms with Crippen molar-refractivity contribution in [1.82, 2.24) is 0 Å². The van der Waals surface area contributed by atoms with E-state index in [0.717, 1.165) is 18.4 Å². The van der Waals surface area contributed by atoms with Gasteiger partial charge in [0, 0.05) is 16.7 Å². The maximum atomic E-state index is 13.4. The summed E-state index contributed by atoms with van der Waals surface area (Å²) in [5, 5.41) is 11.5. The van der Waals surface area contributed by atoms with Crippen LogP contribution in [-0.4, -0.2) is 51.6 Å². The molecule has 4 aliphatic carbocycles. The molecule has 7 atom stereocenters. The van der Waals surface area contributed by atoms with Crippen LogP contribution < -0.4 is 0 Å². The van der Waals surface area contributed by atoms with Crippen molar-refractivity contribution in [2.24, 2.45) is 28.6 Å². The number of esters is 2. The van der Waals surface area contributed by atoms with Gasteiger partial charge in [0.15, 0.2) is 5.78 Å². The molecule has 3 fully saturated rings. The summed E-state index contributed by atoms with van der Waals surface area (Å²) in [6.07, 6.45) is 9.04. The molecule has 4 aliphatic rings. The molecule has 0 aromatic carbocycles. The molecule has 9 heteroatoms. The number of rotatable bonds is 5. The Morgan fingerprint density at radius 3 is 2.70 bits per heavy atom. The largest absolute Gasteiger partial charge is 0.452 e. The highest BCUT2D eigenvalue weighted by Gasteiger charge is 2.71. The monoisotopic (exact) mass is 516 g/mol. The second kappa shape index (κ2) is 8.89. The summed E-state index contributed by atoms with van der Waals surface area (Å²) < 4.78 is 11.3. The number of carbonyl (C=O) groups excluding carboxylic acids is 3. The normalized spacial score (nSPS) is 41.7. The summed E-state index contributed by atoms with van der Waals surface area (Å²) in [6.45, 7) is 4.01. The Morgan fingerprint density at radius 2 is 2.03 bits per heavy atom. The fourth-order valence-corrected chi connectivity index (χ4v) is 7.62. The molecule has 0 aromatic heterocycles. The fourth-order valence-electron chi connectivity index (χ4n) is 7.30. The van der Waals surface area contributed by atoms with Crippen LogP contribution in [0.3, 0.4) is 0 Å². The summed E-state index contributed by atoms with van der Waals surface area (Å²) >= 11 is 12.9. The van der Waals surface area contributed by atoms with Crippen LogP contribution in [-0.2, 0) is 23.9 Å². The van der Waals surface area contributed by atoms with Crippen LogP contribution in [0.25, 0.3) is 0 Å². The molecule has 0 aliphatic heterocycles. The lowest BCUT2D eigenvalue weighted by atomic mass is 9.46. The molecule has 0 radical (unpaired) electrons. The van der Waals surface area contributed by atoms with Gasteiger partial charge in [-0.15, -0.1) is 11.8 Å². The maximum Gasteiger partial charge on any atom is 0.352 e. The van der Waals surface area contributed by atoms with Crippen LogP contribution in [0.4, 0.5) is 0 Å². The smallest absolute Gasteiger partial charge is 0.352 e. The number of carbonyl (C=O) groups is 3. The average molecular weight is 517 g/mol. The molecule has 0 bridgehead atoms. The van der Waals surface area contributed by atoms with E-state index in [9.17, 15) is 19.5 Å². The van der Waals surface area contributed by atoms with E-state index < -0.39 is 39.3 Å². The number of hydrogen-bond acceptors (Lipinski definition) is 7. The first-order valence-electron chi connectivity index (χ1n) is 11.3. The van der Waals surface area contributed by atoms with E-state index in [0.29, 0.717) is 6.42 Å². The van der Waals surface area contributed by atoms with Crippen LogP contribution in [0.15, 0.2) is 23.8 Å². The van der Waals surface area contributed by atoms with Gasteiger partial charge in [0.1, 0.15) is 5.94 Å². The Kier molecular flexibility index (Phi) is 6.75. The molecule has 0 unspecified atom stereocenters. The second-order valence-electron chi connectivity index (χ2n) is 10.1. The number of aliphatic hydroxyl groups is 1. The van der Waals surface area contributed by atoms with Crippen molar-refractivity contribution in [3.05, 3.63) is 23.8 Å². The average Bonchev–Trinajstić information content (AvgIpc) is 3.04. The molecule has 1 N–H and O–H groups in total. The van der Waals surface area contributed by atoms with Gasteiger partial charge in [-0.05, 0) is 62.3 Å². The van der Waals surface area contributed by atoms with Gasteiger partial charge >= 0.3 is 11.9 Å². The highest BCUT2D eigenvalue weighted by Crippen LogP contribution is 2.68. The van der Waals surface area contributed by atoms with E-state index in [-0.39, 0.29) is 42.3 Å². The lowest BCUT2D eigenvalue weighted by Gasteiger charge is -2.59. The molecular weight excluding hydrogens is 487 g/mol.